The molecule has 7 aromatic carbocycles. The number of hydrogen-bond acceptors (Lipinski definition) is 4. The standard InChI is InChI=1S/C52H37N3P2S2/c58-56(38-15-5-1-6-16-38,39-17-7-2-8-18-39)42-27-32-49-50(34-42)55-51-44-29-26-37(33-36(44)25-30-46(51)45-23-13-14-24-47(45)52(55)54-49)48-31-28-43(35-53-48)57(59,40-19-9-3-10-20-40)41-21-11-4-12-22-41/h1-23,25-35,47H,24H2. The highest BCUT2D eigenvalue weighted by Gasteiger charge is 2.35. The molecule has 1 aliphatic heterocycles. The third kappa shape index (κ3) is 5.83. The van der Waals surface area contributed by atoms with E-state index >= 15 is 0 Å². The van der Waals surface area contributed by atoms with Gasteiger partial charge in [-0.05, 0) is 74.2 Å². The molecule has 59 heavy (non-hydrogen) atoms. The van der Waals surface area contributed by atoms with Gasteiger partial charge in [-0.1, -0.05) is 194 Å². The van der Waals surface area contributed by atoms with Crippen molar-refractivity contribution in [2.24, 2.45) is 0 Å². The molecule has 2 aliphatic rings. The van der Waals surface area contributed by atoms with Gasteiger partial charge in [-0.25, -0.2) is 4.98 Å². The van der Waals surface area contributed by atoms with E-state index in [1.54, 1.807) is 0 Å². The minimum Gasteiger partial charge on any atom is -0.294 e. The van der Waals surface area contributed by atoms with E-state index in [1.807, 2.05) is 18.3 Å². The highest BCUT2D eigenvalue weighted by Crippen LogP contribution is 2.50. The first-order valence-electron chi connectivity index (χ1n) is 19.9. The lowest BCUT2D eigenvalue weighted by molar-refractivity contribution is 0.756. The van der Waals surface area contributed by atoms with E-state index in [0.29, 0.717) is 0 Å². The van der Waals surface area contributed by atoms with Crippen molar-refractivity contribution in [3.05, 3.63) is 218 Å². The number of pyridine rings is 1. The maximum Gasteiger partial charge on any atom is 0.122 e. The summed E-state index contributed by atoms with van der Waals surface area (Å²) in [6, 6.07) is 60.1. The molecule has 0 radical (unpaired) electrons. The van der Waals surface area contributed by atoms with Crippen LogP contribution in [-0.2, 0) is 23.6 Å². The first-order chi connectivity index (χ1) is 29.0. The summed E-state index contributed by atoms with van der Waals surface area (Å²) >= 11 is 13.4. The molecular formula is C52H37N3P2S2. The minimum absolute atomic E-state index is 0.167. The molecule has 3 nitrogen and oxygen atoms in total. The molecule has 3 heterocycles. The molecule has 0 fully saturated rings. The molecule has 282 valence electrons. The fourth-order valence-electron chi connectivity index (χ4n) is 9.03. The molecule has 11 rings (SSSR count). The molecule has 2 aromatic heterocycles. The quantitative estimate of drug-likeness (QED) is 0.150. The molecule has 1 aliphatic carbocycles. The fraction of sp³-hybridized carbons (Fsp3) is 0.0385. The van der Waals surface area contributed by atoms with Crippen molar-refractivity contribution in [1.29, 1.82) is 0 Å². The van der Waals surface area contributed by atoms with Gasteiger partial charge in [0.25, 0.3) is 0 Å². The monoisotopic (exact) mass is 829 g/mol. The Bertz CT molecular complexity index is 3150. The zero-order valence-electron chi connectivity index (χ0n) is 32.0. The van der Waals surface area contributed by atoms with Crippen molar-refractivity contribution in [3.8, 4) is 16.9 Å². The molecule has 0 saturated carbocycles. The molecule has 0 spiro atoms. The van der Waals surface area contributed by atoms with Gasteiger partial charge < -0.3 is 0 Å². The summed E-state index contributed by atoms with van der Waals surface area (Å²) in [5.74, 6) is 1.24. The Balaban J connectivity index is 1.06. The van der Waals surface area contributed by atoms with Crippen LogP contribution in [0.15, 0.2) is 206 Å². The van der Waals surface area contributed by atoms with E-state index in [1.165, 1.54) is 32.8 Å². The van der Waals surface area contributed by atoms with Crippen molar-refractivity contribution in [3.63, 3.8) is 0 Å². The highest BCUT2D eigenvalue weighted by atomic mass is 32.4. The highest BCUT2D eigenvalue weighted by molar-refractivity contribution is 8.26. The molecule has 0 saturated heterocycles. The Kier molecular flexibility index (Phi) is 8.91. The van der Waals surface area contributed by atoms with Crippen LogP contribution in [-0.4, -0.2) is 14.5 Å². The molecular weight excluding hydrogens is 793 g/mol. The van der Waals surface area contributed by atoms with E-state index < -0.39 is 12.1 Å². The lowest BCUT2D eigenvalue weighted by atomic mass is 9.81. The molecule has 9 aromatic rings. The second kappa shape index (κ2) is 14.5. The summed E-state index contributed by atoms with van der Waals surface area (Å²) in [4.78, 5) is 10.5. The Hall–Kier alpha value is -5.80. The van der Waals surface area contributed by atoms with Gasteiger partial charge in [-0.2, -0.15) is 0 Å². The number of allylic oxidation sites excluding steroid dienone is 4. The Labute approximate surface area is 354 Å². The van der Waals surface area contributed by atoms with Gasteiger partial charge in [0.05, 0.1) is 22.4 Å². The van der Waals surface area contributed by atoms with Crippen molar-refractivity contribution in [2.75, 3.05) is 0 Å². The molecule has 1 unspecified atom stereocenters. The Morgan fingerprint density at radius 1 is 0.559 bits per heavy atom. The van der Waals surface area contributed by atoms with E-state index in [-0.39, 0.29) is 5.92 Å². The topological polar surface area (TPSA) is 30.7 Å². The van der Waals surface area contributed by atoms with Gasteiger partial charge in [-0.3, -0.25) is 9.55 Å². The number of benzene rings is 7. The fourth-order valence-corrected chi connectivity index (χ4v) is 16.4. The van der Waals surface area contributed by atoms with Crippen LogP contribution < -0.4 is 31.8 Å². The van der Waals surface area contributed by atoms with Crippen LogP contribution in [0.2, 0.25) is 0 Å². The largest absolute Gasteiger partial charge is 0.294 e. The van der Waals surface area contributed by atoms with E-state index in [4.69, 9.17) is 33.6 Å². The Morgan fingerprint density at radius 3 is 1.75 bits per heavy atom. The molecule has 1 atom stereocenters. The van der Waals surface area contributed by atoms with Crippen LogP contribution in [0.25, 0.3) is 44.3 Å². The normalized spacial score (nSPS) is 14.7. The van der Waals surface area contributed by atoms with Gasteiger partial charge in [0.2, 0.25) is 0 Å². The number of fused-ring (bicyclic) bond motifs is 10. The summed E-state index contributed by atoms with van der Waals surface area (Å²) in [5, 5.41) is 9.26. The van der Waals surface area contributed by atoms with Gasteiger partial charge in [0.15, 0.2) is 0 Å². The van der Waals surface area contributed by atoms with E-state index in [9.17, 15) is 0 Å². The van der Waals surface area contributed by atoms with Crippen LogP contribution in [0.1, 0.15) is 23.7 Å². The average Bonchev–Trinajstić information content (AvgIpc) is 3.71. The summed E-state index contributed by atoms with van der Waals surface area (Å²) in [6.07, 6.45) is 9.66. The van der Waals surface area contributed by atoms with Gasteiger partial charge >= 0.3 is 0 Å². The minimum atomic E-state index is -2.39. The SMILES string of the molecule is S=P(c1ccccc1)(c1ccccc1)c1ccc(-c2ccc3c4c(ccc3c2)C2=CC=CCC2c2nc3ccc(P(=S)(c5ccccc5)c5ccccc5)cc3n2-4)nc1. The molecule has 0 amide bonds. The summed E-state index contributed by atoms with van der Waals surface area (Å²) in [5.41, 5.74) is 7.80. The lowest BCUT2D eigenvalue weighted by Gasteiger charge is -2.31. The van der Waals surface area contributed by atoms with E-state index in [2.05, 4.69) is 193 Å². The van der Waals surface area contributed by atoms with Crippen LogP contribution in [0.3, 0.4) is 0 Å². The molecule has 7 heteroatoms. The third-order valence-electron chi connectivity index (χ3n) is 11.9. The van der Waals surface area contributed by atoms with Crippen LogP contribution in [0.4, 0.5) is 0 Å². The smallest absolute Gasteiger partial charge is 0.122 e. The average molecular weight is 830 g/mol. The predicted octanol–water partition coefficient (Wildman–Crippen LogP) is 10.2. The van der Waals surface area contributed by atoms with Crippen LogP contribution in [0, 0.1) is 0 Å². The number of imidazole rings is 1. The zero-order chi connectivity index (χ0) is 39.6. The van der Waals surface area contributed by atoms with Crippen molar-refractivity contribution in [2.45, 2.75) is 12.3 Å². The van der Waals surface area contributed by atoms with Crippen molar-refractivity contribution >= 4 is 94.9 Å². The lowest BCUT2D eigenvalue weighted by Crippen LogP contribution is -2.25. The number of hydrogen-bond donors (Lipinski definition) is 0. The summed E-state index contributed by atoms with van der Waals surface area (Å²) < 4.78 is 2.44. The zero-order valence-corrected chi connectivity index (χ0v) is 35.4. The second-order valence-corrected chi connectivity index (χ2v) is 24.0. The number of aromatic nitrogens is 3. The Morgan fingerprint density at radius 2 is 1.15 bits per heavy atom. The third-order valence-corrected chi connectivity index (χ3v) is 21.8. The molecule has 0 N–H and O–H groups in total. The molecule has 0 bridgehead atoms. The van der Waals surface area contributed by atoms with Gasteiger partial charge in [0, 0.05) is 46.0 Å². The van der Waals surface area contributed by atoms with Crippen molar-refractivity contribution < 1.29 is 0 Å². The maximum absolute atomic E-state index is 6.83. The first kappa shape index (κ1) is 36.3. The van der Waals surface area contributed by atoms with Crippen molar-refractivity contribution in [1.82, 2.24) is 14.5 Å². The number of nitrogens with zero attached hydrogens (tertiary/aromatic N) is 3. The van der Waals surface area contributed by atoms with Gasteiger partial charge in [-0.15, -0.1) is 0 Å². The second-order valence-electron chi connectivity index (χ2n) is 15.2. The first-order valence-corrected chi connectivity index (χ1v) is 25.5. The van der Waals surface area contributed by atoms with Crippen LogP contribution >= 0.6 is 12.1 Å². The summed E-state index contributed by atoms with van der Waals surface area (Å²) in [7, 11) is 0. The predicted molar refractivity (Wildman–Crippen MR) is 258 cm³/mol. The number of rotatable bonds is 7. The van der Waals surface area contributed by atoms with E-state index in [0.717, 1.165) is 61.1 Å². The maximum atomic E-state index is 6.83. The summed E-state index contributed by atoms with van der Waals surface area (Å²) in [6.45, 7) is 0. The van der Waals surface area contributed by atoms with Gasteiger partial charge in [0.1, 0.15) is 5.82 Å². The van der Waals surface area contributed by atoms with Crippen LogP contribution in [0.5, 0.6) is 0 Å².